The molecule has 2 atom stereocenters. The van der Waals surface area contributed by atoms with E-state index in [4.69, 9.17) is 0 Å². The Morgan fingerprint density at radius 2 is 1.75 bits per heavy atom. The van der Waals surface area contributed by atoms with E-state index in [1.165, 1.54) is 24.3 Å². The Morgan fingerprint density at radius 1 is 1.20 bits per heavy atom. The molecular formula is C14H16N2O4. The van der Waals surface area contributed by atoms with Crippen molar-refractivity contribution in [2.45, 2.75) is 43.9 Å². The number of non-ortho nitro benzene ring substituents is 1. The molecule has 0 radical (unpaired) electrons. The number of carbonyl (C=O) groups excluding carboxylic acids is 1. The van der Waals surface area contributed by atoms with Gasteiger partial charge in [0.15, 0.2) is 0 Å². The fourth-order valence-corrected chi connectivity index (χ4v) is 3.35. The lowest BCUT2D eigenvalue weighted by atomic mass is 9.98. The van der Waals surface area contributed by atoms with Crippen LogP contribution >= 0.6 is 0 Å². The number of hydrogen-bond donors (Lipinski definition) is 1. The molecule has 2 aliphatic rings. The van der Waals surface area contributed by atoms with E-state index in [1.54, 1.807) is 0 Å². The summed E-state index contributed by atoms with van der Waals surface area (Å²) < 4.78 is 0. The van der Waals surface area contributed by atoms with Gasteiger partial charge in [0.25, 0.3) is 11.6 Å². The van der Waals surface area contributed by atoms with Gasteiger partial charge in [-0.2, -0.15) is 0 Å². The first-order chi connectivity index (χ1) is 9.56. The standard InChI is InChI=1S/C14H16N2O4/c17-13-7-11-5-6-12(8-13)15(11)14(18)9-1-3-10(4-2-9)16(19)20/h1-4,11-13,17H,5-8H2. The number of aliphatic hydroxyl groups is 1. The summed E-state index contributed by atoms with van der Waals surface area (Å²) >= 11 is 0. The fraction of sp³-hybridized carbons (Fsp3) is 0.500. The smallest absolute Gasteiger partial charge is 0.269 e. The molecule has 106 valence electrons. The predicted octanol–water partition coefficient (Wildman–Crippen LogP) is 1.72. The Balaban J connectivity index is 1.81. The van der Waals surface area contributed by atoms with Crippen molar-refractivity contribution in [3.63, 3.8) is 0 Å². The fourth-order valence-electron chi connectivity index (χ4n) is 3.35. The lowest BCUT2D eigenvalue weighted by Crippen LogP contribution is -2.47. The van der Waals surface area contributed by atoms with Crippen molar-refractivity contribution in [1.82, 2.24) is 4.90 Å². The Hall–Kier alpha value is -1.95. The number of benzene rings is 1. The van der Waals surface area contributed by atoms with Crippen LogP contribution in [0.3, 0.4) is 0 Å². The maximum absolute atomic E-state index is 12.5. The average Bonchev–Trinajstić information content (AvgIpc) is 2.70. The van der Waals surface area contributed by atoms with Gasteiger partial charge in [-0.25, -0.2) is 0 Å². The first kappa shape index (κ1) is 13.1. The van der Waals surface area contributed by atoms with Gasteiger partial charge in [0.05, 0.1) is 11.0 Å². The SMILES string of the molecule is O=C(c1ccc([N+](=O)[O-])cc1)N1C2CCC1CC(O)C2. The molecule has 6 heteroatoms. The molecular weight excluding hydrogens is 260 g/mol. The van der Waals surface area contributed by atoms with Crippen LogP contribution in [0.1, 0.15) is 36.0 Å². The monoisotopic (exact) mass is 276 g/mol. The highest BCUT2D eigenvalue weighted by atomic mass is 16.6. The molecule has 1 aromatic rings. The number of hydrogen-bond acceptors (Lipinski definition) is 4. The molecule has 2 saturated heterocycles. The molecule has 1 N–H and O–H groups in total. The minimum absolute atomic E-state index is 0.0152. The van der Waals surface area contributed by atoms with Crippen molar-refractivity contribution in [2.75, 3.05) is 0 Å². The molecule has 2 fully saturated rings. The molecule has 3 rings (SSSR count). The Bertz CT molecular complexity index is 529. The first-order valence-corrected chi connectivity index (χ1v) is 6.81. The molecule has 0 spiro atoms. The lowest BCUT2D eigenvalue weighted by molar-refractivity contribution is -0.384. The Kier molecular flexibility index (Phi) is 3.17. The quantitative estimate of drug-likeness (QED) is 0.658. The normalized spacial score (nSPS) is 28.4. The molecule has 2 unspecified atom stereocenters. The van der Waals surface area contributed by atoms with Crippen molar-refractivity contribution in [3.05, 3.63) is 39.9 Å². The van der Waals surface area contributed by atoms with Gasteiger partial charge in [-0.1, -0.05) is 0 Å². The molecule has 0 aliphatic carbocycles. The minimum atomic E-state index is -0.477. The number of carbonyl (C=O) groups is 1. The van der Waals surface area contributed by atoms with Crippen molar-refractivity contribution in [1.29, 1.82) is 0 Å². The Labute approximate surface area is 116 Å². The summed E-state index contributed by atoms with van der Waals surface area (Å²) in [6, 6.07) is 5.93. The second-order valence-electron chi connectivity index (χ2n) is 5.53. The second-order valence-corrected chi connectivity index (χ2v) is 5.53. The molecule has 1 aromatic carbocycles. The third-order valence-corrected chi connectivity index (χ3v) is 4.27. The van der Waals surface area contributed by atoms with Gasteiger partial charge in [-0.05, 0) is 37.8 Å². The average molecular weight is 276 g/mol. The van der Waals surface area contributed by atoms with Gasteiger partial charge >= 0.3 is 0 Å². The van der Waals surface area contributed by atoms with E-state index < -0.39 is 4.92 Å². The number of amides is 1. The third kappa shape index (κ3) is 2.16. The maximum atomic E-state index is 12.5. The van der Waals surface area contributed by atoms with E-state index in [1.807, 2.05) is 4.90 Å². The van der Waals surface area contributed by atoms with E-state index in [0.29, 0.717) is 18.4 Å². The van der Waals surface area contributed by atoms with Crippen molar-refractivity contribution in [2.24, 2.45) is 0 Å². The number of fused-ring (bicyclic) bond motifs is 2. The number of nitrogens with zero attached hydrogens (tertiary/aromatic N) is 2. The summed E-state index contributed by atoms with van der Waals surface area (Å²) in [5, 5.41) is 20.4. The van der Waals surface area contributed by atoms with Gasteiger partial charge < -0.3 is 10.0 Å². The summed E-state index contributed by atoms with van der Waals surface area (Å²) in [5.41, 5.74) is 0.461. The maximum Gasteiger partial charge on any atom is 0.269 e. The van der Waals surface area contributed by atoms with E-state index in [2.05, 4.69) is 0 Å². The van der Waals surface area contributed by atoms with E-state index in [0.717, 1.165) is 12.8 Å². The van der Waals surface area contributed by atoms with Gasteiger partial charge in [0, 0.05) is 29.8 Å². The highest BCUT2D eigenvalue weighted by molar-refractivity contribution is 5.95. The zero-order chi connectivity index (χ0) is 14.3. The van der Waals surface area contributed by atoms with Crippen LogP contribution < -0.4 is 0 Å². The largest absolute Gasteiger partial charge is 0.393 e. The van der Waals surface area contributed by atoms with Crippen LogP contribution in [-0.2, 0) is 0 Å². The first-order valence-electron chi connectivity index (χ1n) is 6.81. The van der Waals surface area contributed by atoms with Gasteiger partial charge in [-0.15, -0.1) is 0 Å². The molecule has 2 heterocycles. The van der Waals surface area contributed by atoms with Crippen molar-refractivity contribution in [3.8, 4) is 0 Å². The van der Waals surface area contributed by atoms with Gasteiger partial charge in [0.1, 0.15) is 0 Å². The van der Waals surface area contributed by atoms with Crippen LogP contribution in [0.5, 0.6) is 0 Å². The lowest BCUT2D eigenvalue weighted by Gasteiger charge is -2.37. The molecule has 0 aromatic heterocycles. The van der Waals surface area contributed by atoms with Crippen LogP contribution in [-0.4, -0.2) is 39.0 Å². The molecule has 20 heavy (non-hydrogen) atoms. The van der Waals surface area contributed by atoms with E-state index >= 15 is 0 Å². The van der Waals surface area contributed by atoms with Crippen molar-refractivity contribution >= 4 is 11.6 Å². The highest BCUT2D eigenvalue weighted by Crippen LogP contribution is 2.36. The topological polar surface area (TPSA) is 83.7 Å². The molecule has 2 bridgehead atoms. The van der Waals surface area contributed by atoms with Gasteiger partial charge in [0.2, 0.25) is 0 Å². The van der Waals surface area contributed by atoms with Crippen LogP contribution in [0, 0.1) is 10.1 Å². The van der Waals surface area contributed by atoms with Crippen LogP contribution in [0.15, 0.2) is 24.3 Å². The second kappa shape index (κ2) is 4.86. The number of rotatable bonds is 2. The van der Waals surface area contributed by atoms with Crippen LogP contribution in [0.4, 0.5) is 5.69 Å². The number of piperidine rings is 1. The summed E-state index contributed by atoms with van der Waals surface area (Å²) in [4.78, 5) is 24.5. The zero-order valence-corrected chi connectivity index (χ0v) is 10.9. The number of nitro benzene ring substituents is 1. The number of aliphatic hydroxyl groups excluding tert-OH is 1. The van der Waals surface area contributed by atoms with Crippen LogP contribution in [0.25, 0.3) is 0 Å². The third-order valence-electron chi connectivity index (χ3n) is 4.27. The van der Waals surface area contributed by atoms with Gasteiger partial charge in [-0.3, -0.25) is 14.9 Å². The minimum Gasteiger partial charge on any atom is -0.393 e. The summed E-state index contributed by atoms with van der Waals surface area (Å²) in [7, 11) is 0. The molecule has 1 amide bonds. The van der Waals surface area contributed by atoms with Crippen LogP contribution in [0.2, 0.25) is 0 Å². The molecule has 2 aliphatic heterocycles. The zero-order valence-electron chi connectivity index (χ0n) is 10.9. The molecule has 0 saturated carbocycles. The van der Waals surface area contributed by atoms with E-state index in [9.17, 15) is 20.0 Å². The highest BCUT2D eigenvalue weighted by Gasteiger charge is 2.42. The number of nitro groups is 1. The summed E-state index contributed by atoms with van der Waals surface area (Å²) in [6.45, 7) is 0. The van der Waals surface area contributed by atoms with Crippen molar-refractivity contribution < 1.29 is 14.8 Å². The van der Waals surface area contributed by atoms with E-state index in [-0.39, 0.29) is 29.8 Å². The summed E-state index contributed by atoms with van der Waals surface area (Å²) in [5.74, 6) is -0.0840. The predicted molar refractivity (Wildman–Crippen MR) is 71.3 cm³/mol. The Morgan fingerprint density at radius 3 is 2.25 bits per heavy atom. The molecule has 6 nitrogen and oxygen atoms in total. The summed E-state index contributed by atoms with van der Waals surface area (Å²) in [6.07, 6.45) is 2.82.